The number of rotatable bonds is 1. The molecule has 4 atom stereocenters. The van der Waals surface area contributed by atoms with Crippen LogP contribution in [0.4, 0.5) is 0 Å². The summed E-state index contributed by atoms with van der Waals surface area (Å²) in [6.07, 6.45) is 5.87. The minimum absolute atomic E-state index is 0.0572. The molecule has 0 aromatic rings. The van der Waals surface area contributed by atoms with Gasteiger partial charge >= 0.3 is 0 Å². The van der Waals surface area contributed by atoms with Crippen LogP contribution in [-0.2, 0) is 0 Å². The van der Waals surface area contributed by atoms with E-state index in [-0.39, 0.29) is 22.3 Å². The van der Waals surface area contributed by atoms with Gasteiger partial charge in [0, 0.05) is 16.6 Å². The van der Waals surface area contributed by atoms with Gasteiger partial charge in [-0.3, -0.25) is 15.1 Å². The number of nitro groups is 1. The summed E-state index contributed by atoms with van der Waals surface area (Å²) in [7, 11) is 0. The Balaban J connectivity index is 2.29. The molecule has 82 valence electrons. The summed E-state index contributed by atoms with van der Waals surface area (Å²) in [4.78, 5) is 15.0. The smallest absolute Gasteiger partial charge is 0.241 e. The molecule has 1 fully saturated rings. The average molecular weight is 208 g/mol. The van der Waals surface area contributed by atoms with Gasteiger partial charge in [-0.05, 0) is 5.92 Å². The molecule has 3 rings (SSSR count). The van der Waals surface area contributed by atoms with Gasteiger partial charge in [0.05, 0.1) is 5.92 Å². The van der Waals surface area contributed by atoms with E-state index >= 15 is 0 Å². The van der Waals surface area contributed by atoms with Gasteiger partial charge in [-0.25, -0.2) is 0 Å². The van der Waals surface area contributed by atoms with E-state index in [1.165, 1.54) is 0 Å². The molecule has 0 radical (unpaired) electrons. The Bertz CT molecular complexity index is 322. The molecular formula is C11H16N2O2. The van der Waals surface area contributed by atoms with Crippen LogP contribution in [0.3, 0.4) is 0 Å². The van der Waals surface area contributed by atoms with E-state index in [4.69, 9.17) is 0 Å². The molecule has 1 aliphatic carbocycles. The van der Waals surface area contributed by atoms with Gasteiger partial charge in [0.25, 0.3) is 0 Å². The fourth-order valence-corrected chi connectivity index (χ4v) is 2.39. The molecule has 4 unspecified atom stereocenters. The standard InChI is InChI=1S/C11H16N2O2/c1-7-8-4-5-11(2,3)6-12-9(7)10(8)13(14)15/h4-10H,1-3H3/b5-4-,12-6-. The van der Waals surface area contributed by atoms with Crippen LogP contribution in [0.25, 0.3) is 0 Å². The van der Waals surface area contributed by atoms with Crippen LogP contribution < -0.4 is 0 Å². The van der Waals surface area contributed by atoms with E-state index in [9.17, 15) is 10.1 Å². The lowest BCUT2D eigenvalue weighted by Crippen LogP contribution is -2.57. The number of hydrogen-bond donors (Lipinski definition) is 0. The molecule has 15 heavy (non-hydrogen) atoms. The molecule has 2 aliphatic heterocycles. The Morgan fingerprint density at radius 1 is 1.47 bits per heavy atom. The molecule has 0 aromatic carbocycles. The van der Waals surface area contributed by atoms with E-state index in [1.54, 1.807) is 0 Å². The number of aliphatic imine (C=N–C) groups is 1. The third-order valence-corrected chi connectivity index (χ3v) is 3.46. The van der Waals surface area contributed by atoms with Crippen molar-refractivity contribution in [3.05, 3.63) is 22.3 Å². The molecule has 4 nitrogen and oxygen atoms in total. The zero-order valence-electron chi connectivity index (χ0n) is 9.25. The molecule has 2 heterocycles. The van der Waals surface area contributed by atoms with Crippen LogP contribution in [0.5, 0.6) is 0 Å². The van der Waals surface area contributed by atoms with Crippen molar-refractivity contribution in [3.8, 4) is 0 Å². The van der Waals surface area contributed by atoms with Crippen LogP contribution >= 0.6 is 0 Å². The van der Waals surface area contributed by atoms with E-state index in [0.717, 1.165) is 0 Å². The Morgan fingerprint density at radius 2 is 2.13 bits per heavy atom. The Kier molecular flexibility index (Phi) is 2.17. The molecule has 0 N–H and O–H groups in total. The molecule has 0 aromatic heterocycles. The number of nitrogens with zero attached hydrogens (tertiary/aromatic N) is 2. The molecule has 2 bridgehead atoms. The predicted molar refractivity (Wildman–Crippen MR) is 58.6 cm³/mol. The lowest BCUT2D eigenvalue weighted by atomic mass is 9.65. The minimum Gasteiger partial charge on any atom is -0.286 e. The highest BCUT2D eigenvalue weighted by Crippen LogP contribution is 2.42. The highest BCUT2D eigenvalue weighted by atomic mass is 16.6. The molecule has 0 spiro atoms. The first kappa shape index (κ1) is 10.3. The summed E-state index contributed by atoms with van der Waals surface area (Å²) in [5.41, 5.74) is -0.0712. The quantitative estimate of drug-likeness (QED) is 0.375. The van der Waals surface area contributed by atoms with Gasteiger partial charge in [0.2, 0.25) is 6.04 Å². The average Bonchev–Trinajstić information content (AvgIpc) is 2.09. The number of allylic oxidation sites excluding steroid dienone is 1. The van der Waals surface area contributed by atoms with Gasteiger partial charge in [0.1, 0.15) is 6.04 Å². The van der Waals surface area contributed by atoms with E-state index in [1.807, 2.05) is 25.3 Å². The lowest BCUT2D eigenvalue weighted by Gasteiger charge is -2.42. The van der Waals surface area contributed by atoms with Crippen LogP contribution in [0.2, 0.25) is 0 Å². The number of fused-ring (bicyclic) bond motifs is 2. The van der Waals surface area contributed by atoms with Crippen molar-refractivity contribution in [2.75, 3.05) is 0 Å². The Labute approximate surface area is 89.2 Å². The zero-order chi connectivity index (χ0) is 11.2. The topological polar surface area (TPSA) is 55.5 Å². The van der Waals surface area contributed by atoms with Crippen molar-refractivity contribution < 1.29 is 4.92 Å². The zero-order valence-corrected chi connectivity index (χ0v) is 9.25. The summed E-state index contributed by atoms with van der Waals surface area (Å²) >= 11 is 0. The second-order valence-electron chi connectivity index (χ2n) is 5.16. The second kappa shape index (κ2) is 3.15. The maximum absolute atomic E-state index is 10.9. The van der Waals surface area contributed by atoms with E-state index in [0.29, 0.717) is 5.92 Å². The summed E-state index contributed by atoms with van der Waals surface area (Å²) < 4.78 is 0. The highest BCUT2D eigenvalue weighted by molar-refractivity contribution is 5.68. The molecule has 0 amide bonds. The monoisotopic (exact) mass is 208 g/mol. The maximum Gasteiger partial charge on any atom is 0.241 e. The van der Waals surface area contributed by atoms with E-state index in [2.05, 4.69) is 18.8 Å². The van der Waals surface area contributed by atoms with Gasteiger partial charge in [0.15, 0.2) is 0 Å². The van der Waals surface area contributed by atoms with Crippen molar-refractivity contribution in [2.45, 2.75) is 32.9 Å². The summed E-state index contributed by atoms with van der Waals surface area (Å²) in [5, 5.41) is 10.9. The van der Waals surface area contributed by atoms with Crippen LogP contribution in [0.15, 0.2) is 17.1 Å². The van der Waals surface area contributed by atoms with Crippen molar-refractivity contribution in [1.82, 2.24) is 0 Å². The molecule has 3 aliphatic rings. The van der Waals surface area contributed by atoms with Gasteiger partial charge in [-0.1, -0.05) is 32.9 Å². The molecule has 4 heteroatoms. The fourth-order valence-electron chi connectivity index (χ4n) is 2.39. The minimum atomic E-state index is -0.511. The predicted octanol–water partition coefficient (Wildman–Crippen LogP) is 1.93. The van der Waals surface area contributed by atoms with Crippen molar-refractivity contribution in [1.29, 1.82) is 0 Å². The summed E-state index contributed by atoms with van der Waals surface area (Å²) in [5.74, 6) is 0.353. The van der Waals surface area contributed by atoms with Crippen LogP contribution in [0, 0.1) is 27.4 Å². The SMILES string of the molecule is CC1C2/C=C\C(C)(C)/C=N\C1C2[N+](=O)[O-]. The fraction of sp³-hybridized carbons (Fsp3) is 0.727. The van der Waals surface area contributed by atoms with Crippen molar-refractivity contribution in [2.24, 2.45) is 22.2 Å². The van der Waals surface area contributed by atoms with Crippen LogP contribution in [-0.4, -0.2) is 23.2 Å². The second-order valence-corrected chi connectivity index (χ2v) is 5.16. The first-order chi connectivity index (χ1) is 6.92. The third-order valence-electron chi connectivity index (χ3n) is 3.46. The first-order valence-corrected chi connectivity index (χ1v) is 5.29. The van der Waals surface area contributed by atoms with Gasteiger partial charge in [-0.2, -0.15) is 0 Å². The van der Waals surface area contributed by atoms with Crippen LogP contribution in [0.1, 0.15) is 20.8 Å². The molecular weight excluding hydrogens is 192 g/mol. The Morgan fingerprint density at radius 3 is 2.73 bits per heavy atom. The Hall–Kier alpha value is -1.19. The molecule has 0 saturated heterocycles. The van der Waals surface area contributed by atoms with E-state index < -0.39 is 6.04 Å². The van der Waals surface area contributed by atoms with Gasteiger partial charge < -0.3 is 0 Å². The first-order valence-electron chi connectivity index (χ1n) is 5.29. The van der Waals surface area contributed by atoms with Crippen molar-refractivity contribution in [3.63, 3.8) is 0 Å². The van der Waals surface area contributed by atoms with Crippen molar-refractivity contribution >= 4 is 6.21 Å². The normalized spacial score (nSPS) is 45.8. The third kappa shape index (κ3) is 1.58. The maximum atomic E-state index is 10.9. The molecule has 1 saturated carbocycles. The lowest BCUT2D eigenvalue weighted by molar-refractivity contribution is -0.552. The number of hydrogen-bond acceptors (Lipinski definition) is 3. The summed E-state index contributed by atoms with van der Waals surface area (Å²) in [6.45, 7) is 6.16. The highest BCUT2D eigenvalue weighted by Gasteiger charge is 2.55. The van der Waals surface area contributed by atoms with Gasteiger partial charge in [-0.15, -0.1) is 0 Å². The summed E-state index contributed by atoms with van der Waals surface area (Å²) in [6, 6.07) is -0.641. The largest absolute Gasteiger partial charge is 0.286 e.